The van der Waals surface area contributed by atoms with Crippen molar-refractivity contribution < 1.29 is 17.9 Å². The zero-order valence-electron chi connectivity index (χ0n) is 20.0. The fourth-order valence-electron chi connectivity index (χ4n) is 1.92. The summed E-state index contributed by atoms with van der Waals surface area (Å²) in [5.41, 5.74) is 0.556. The second-order valence-corrected chi connectivity index (χ2v) is 7.31. The van der Waals surface area contributed by atoms with Crippen molar-refractivity contribution >= 4 is 0 Å². The van der Waals surface area contributed by atoms with Crippen molar-refractivity contribution in [3.8, 4) is 0 Å². The van der Waals surface area contributed by atoms with Crippen LogP contribution in [0.3, 0.4) is 0 Å². The van der Waals surface area contributed by atoms with Gasteiger partial charge in [-0.25, -0.2) is 13.2 Å². The molecule has 0 spiro atoms. The highest BCUT2D eigenvalue weighted by Gasteiger charge is 2.13. The Morgan fingerprint density at radius 1 is 0.844 bits per heavy atom. The molecule has 0 aromatic heterocycles. The molecule has 1 nitrogen and oxygen atoms in total. The lowest BCUT2D eigenvalue weighted by Crippen LogP contribution is -2.15. The summed E-state index contributed by atoms with van der Waals surface area (Å²) in [4.78, 5) is 0. The van der Waals surface area contributed by atoms with E-state index >= 15 is 0 Å². The van der Waals surface area contributed by atoms with Crippen LogP contribution in [-0.2, 0) is 4.74 Å². The Bertz CT molecular complexity index is 837. The highest BCUT2D eigenvalue weighted by molar-refractivity contribution is 5.53. The van der Waals surface area contributed by atoms with Crippen LogP contribution in [0.4, 0.5) is 13.2 Å². The first-order valence-corrected chi connectivity index (χ1v) is 10.2. The van der Waals surface area contributed by atoms with E-state index in [1.165, 1.54) is 25.2 Å². The van der Waals surface area contributed by atoms with Gasteiger partial charge in [-0.1, -0.05) is 71.9 Å². The molecule has 0 saturated carbocycles. The van der Waals surface area contributed by atoms with Gasteiger partial charge in [0, 0.05) is 17.8 Å². The van der Waals surface area contributed by atoms with Crippen LogP contribution in [0.2, 0.25) is 0 Å². The maximum atomic E-state index is 14.5. The minimum Gasteiger partial charge on any atom is -0.374 e. The molecule has 0 rings (SSSR count). The monoisotopic (exact) mass is 446 g/mol. The van der Waals surface area contributed by atoms with E-state index in [2.05, 4.69) is 66.5 Å². The Morgan fingerprint density at radius 3 is 1.75 bits per heavy atom. The topological polar surface area (TPSA) is 9.23 Å². The molecule has 0 bridgehead atoms. The predicted molar refractivity (Wildman–Crippen MR) is 134 cm³/mol. The number of ether oxygens (including phenoxy) is 1. The molecule has 0 aromatic rings. The van der Waals surface area contributed by atoms with Gasteiger partial charge in [-0.15, -0.1) is 13.2 Å². The summed E-state index contributed by atoms with van der Waals surface area (Å²) in [7, 11) is 0. The fraction of sp³-hybridized carbons (Fsp3) is 0.286. The third-order valence-electron chi connectivity index (χ3n) is 4.54. The van der Waals surface area contributed by atoms with Gasteiger partial charge in [-0.2, -0.15) is 0 Å². The second-order valence-electron chi connectivity index (χ2n) is 7.31. The van der Waals surface area contributed by atoms with E-state index < -0.39 is 17.5 Å². The largest absolute Gasteiger partial charge is 0.374 e. The van der Waals surface area contributed by atoms with Crippen LogP contribution >= 0.6 is 0 Å². The Kier molecular flexibility index (Phi) is 15.5. The zero-order chi connectivity index (χ0) is 25.6. The summed E-state index contributed by atoms with van der Waals surface area (Å²) >= 11 is 0. The van der Waals surface area contributed by atoms with Gasteiger partial charge < -0.3 is 4.74 Å². The van der Waals surface area contributed by atoms with Gasteiger partial charge in [0.15, 0.2) is 11.7 Å². The summed E-state index contributed by atoms with van der Waals surface area (Å²) in [6, 6.07) is 0. The molecule has 2 atom stereocenters. The van der Waals surface area contributed by atoms with Crippen LogP contribution in [0.15, 0.2) is 122 Å². The van der Waals surface area contributed by atoms with Crippen molar-refractivity contribution in [2.24, 2.45) is 5.92 Å². The molecule has 0 aromatic carbocycles. The molecule has 0 amide bonds. The summed E-state index contributed by atoms with van der Waals surface area (Å²) in [6.45, 7) is 35.6. The number of halogens is 3. The van der Waals surface area contributed by atoms with Crippen LogP contribution in [0.25, 0.3) is 0 Å². The van der Waals surface area contributed by atoms with Crippen molar-refractivity contribution in [2.45, 2.75) is 40.2 Å². The number of rotatable bonds is 13. The summed E-state index contributed by atoms with van der Waals surface area (Å²) in [5.74, 6) is -2.44. The molecule has 0 aliphatic rings. The van der Waals surface area contributed by atoms with Crippen LogP contribution in [-0.4, -0.2) is 12.7 Å². The first-order chi connectivity index (χ1) is 14.8. The molecular formula is C28H37F3O. The second kappa shape index (κ2) is 15.9. The zero-order valence-corrected chi connectivity index (χ0v) is 20.0. The highest BCUT2D eigenvalue weighted by Crippen LogP contribution is 2.27. The summed E-state index contributed by atoms with van der Waals surface area (Å²) < 4.78 is 47.8. The molecule has 0 fully saturated rings. The van der Waals surface area contributed by atoms with Crippen molar-refractivity contribution in [1.82, 2.24) is 0 Å². The molecule has 4 heteroatoms. The third kappa shape index (κ3) is 11.0. The summed E-state index contributed by atoms with van der Waals surface area (Å²) in [6.07, 6.45) is 4.66. The van der Waals surface area contributed by atoms with Gasteiger partial charge in [0.05, 0.1) is 6.10 Å². The Balaban J connectivity index is 0. The lowest BCUT2D eigenvalue weighted by Gasteiger charge is -2.16. The van der Waals surface area contributed by atoms with Gasteiger partial charge in [0.25, 0.3) is 0 Å². The smallest absolute Gasteiger partial charge is 0.166 e. The van der Waals surface area contributed by atoms with Crippen LogP contribution in [0.1, 0.15) is 34.1 Å². The normalized spacial score (nSPS) is 13.9. The first-order valence-electron chi connectivity index (χ1n) is 10.2. The SMILES string of the molecule is C=C.C=C(/C=C\C(=C)C(=C)/C(F)=C\C(=C)C(C)OCC(C)CC)C(=C)/C(F)=C(/F)C(=C)C. The van der Waals surface area contributed by atoms with E-state index in [1.54, 1.807) is 6.92 Å². The molecule has 32 heavy (non-hydrogen) atoms. The van der Waals surface area contributed by atoms with Gasteiger partial charge in [-0.3, -0.25) is 0 Å². The van der Waals surface area contributed by atoms with E-state index in [-0.39, 0.29) is 34.0 Å². The molecule has 0 aliphatic carbocycles. The lowest BCUT2D eigenvalue weighted by atomic mass is 10.0. The highest BCUT2D eigenvalue weighted by atomic mass is 19.2. The standard InChI is InChI=1S/C26H33F3O.C2H4/c1-11-17(4)15-30-23(10)20(7)14-24(27)21(8)18(5)12-13-19(6)22(9)26(29)25(28)16(2)3;1-2/h12-14,17,23H,2,5-9,11,15H2,1,3-4,10H3;1-2H2/b13-12-,24-14+,26-25-;. The number of hydrogen-bond acceptors (Lipinski definition) is 1. The van der Waals surface area contributed by atoms with E-state index in [9.17, 15) is 13.2 Å². The Hall–Kier alpha value is -2.85. The third-order valence-corrected chi connectivity index (χ3v) is 4.54. The van der Waals surface area contributed by atoms with Crippen LogP contribution in [0.5, 0.6) is 0 Å². The number of allylic oxidation sites excluding steroid dienone is 10. The molecule has 2 unspecified atom stereocenters. The molecule has 0 saturated heterocycles. The van der Waals surface area contributed by atoms with E-state index in [1.807, 2.05) is 0 Å². The molecule has 0 N–H and O–H groups in total. The quantitative estimate of drug-likeness (QED) is 0.202. The molecule has 0 aliphatic heterocycles. The van der Waals surface area contributed by atoms with E-state index in [0.29, 0.717) is 18.1 Å². The van der Waals surface area contributed by atoms with Crippen molar-refractivity contribution in [3.63, 3.8) is 0 Å². The van der Waals surface area contributed by atoms with Gasteiger partial charge in [-0.05, 0) is 48.1 Å². The Labute approximate surface area is 192 Å². The molecule has 176 valence electrons. The maximum Gasteiger partial charge on any atom is 0.166 e. The molecule has 0 radical (unpaired) electrons. The molecular weight excluding hydrogens is 409 g/mol. The summed E-state index contributed by atoms with van der Waals surface area (Å²) in [5, 5.41) is 0. The Morgan fingerprint density at radius 2 is 1.31 bits per heavy atom. The first kappa shape index (κ1) is 31.3. The average Bonchev–Trinajstić information content (AvgIpc) is 2.79. The van der Waals surface area contributed by atoms with Gasteiger partial charge in [0.1, 0.15) is 5.83 Å². The van der Waals surface area contributed by atoms with Gasteiger partial charge in [0.2, 0.25) is 0 Å². The van der Waals surface area contributed by atoms with Crippen molar-refractivity contribution in [1.29, 1.82) is 0 Å². The maximum absolute atomic E-state index is 14.5. The predicted octanol–water partition coefficient (Wildman–Crippen LogP) is 9.16. The van der Waals surface area contributed by atoms with E-state index in [4.69, 9.17) is 4.74 Å². The van der Waals surface area contributed by atoms with Crippen molar-refractivity contribution in [3.05, 3.63) is 122 Å². The van der Waals surface area contributed by atoms with Crippen LogP contribution < -0.4 is 0 Å². The fourth-order valence-corrected chi connectivity index (χ4v) is 1.92. The number of hydrogen-bond donors (Lipinski definition) is 0. The van der Waals surface area contributed by atoms with Gasteiger partial charge >= 0.3 is 0 Å². The molecule has 0 heterocycles. The van der Waals surface area contributed by atoms with Crippen molar-refractivity contribution in [2.75, 3.05) is 6.61 Å². The average molecular weight is 447 g/mol. The minimum absolute atomic E-state index is 0.0315. The van der Waals surface area contributed by atoms with E-state index in [0.717, 1.165) is 6.42 Å². The van der Waals surface area contributed by atoms with Crippen LogP contribution in [0, 0.1) is 5.92 Å². The lowest BCUT2D eigenvalue weighted by molar-refractivity contribution is 0.0663. The minimum atomic E-state index is -1.14.